The van der Waals surface area contributed by atoms with E-state index in [2.05, 4.69) is 5.32 Å². The number of hydrogen-bond acceptors (Lipinski definition) is 2. The van der Waals surface area contributed by atoms with Gasteiger partial charge in [0.15, 0.2) is 0 Å². The van der Waals surface area contributed by atoms with Gasteiger partial charge in [-0.15, -0.1) is 0 Å². The van der Waals surface area contributed by atoms with Gasteiger partial charge in [0.1, 0.15) is 0 Å². The highest BCUT2D eigenvalue weighted by atomic mass is 35.5. The molecule has 0 atom stereocenters. The molecule has 1 heterocycles. The summed E-state index contributed by atoms with van der Waals surface area (Å²) in [5.74, 6) is -1.19. The van der Waals surface area contributed by atoms with Crippen molar-refractivity contribution in [1.82, 2.24) is 9.88 Å². The monoisotopic (exact) mass is 276 g/mol. The third-order valence-corrected chi connectivity index (χ3v) is 3.15. The van der Waals surface area contributed by atoms with Gasteiger partial charge in [-0.1, -0.05) is 29.8 Å². The quantitative estimate of drug-likeness (QED) is 0.687. The standard InChI is InChI=1S/C14H13ClN2O2/c1-17-8-4-7-12(17)13(18)14(19)16-9-10-5-2-3-6-11(10)15/h2-8H,9H2,1H3,(H,16,19). The molecule has 98 valence electrons. The highest BCUT2D eigenvalue weighted by Crippen LogP contribution is 2.14. The van der Waals surface area contributed by atoms with Crippen LogP contribution in [0.15, 0.2) is 42.6 Å². The fraction of sp³-hybridized carbons (Fsp3) is 0.143. The van der Waals surface area contributed by atoms with Gasteiger partial charge in [-0.05, 0) is 23.8 Å². The SMILES string of the molecule is Cn1cccc1C(=O)C(=O)NCc1ccccc1Cl. The van der Waals surface area contributed by atoms with Crippen LogP contribution in [0, 0.1) is 0 Å². The minimum absolute atomic E-state index is 0.231. The molecule has 0 spiro atoms. The molecule has 0 radical (unpaired) electrons. The van der Waals surface area contributed by atoms with Crippen molar-refractivity contribution in [2.75, 3.05) is 0 Å². The number of nitrogens with one attached hydrogen (secondary N) is 1. The summed E-state index contributed by atoms with van der Waals surface area (Å²) < 4.78 is 1.61. The Balaban J connectivity index is 2.01. The average molecular weight is 277 g/mol. The first-order valence-electron chi connectivity index (χ1n) is 5.77. The number of aryl methyl sites for hydroxylation is 1. The number of Topliss-reactive ketones (excluding diaryl/α,β-unsaturated/α-hetero) is 1. The Morgan fingerprint density at radius 1 is 1.21 bits per heavy atom. The first-order chi connectivity index (χ1) is 9.09. The Labute approximate surface area is 116 Å². The fourth-order valence-corrected chi connectivity index (χ4v) is 1.91. The van der Waals surface area contributed by atoms with Gasteiger partial charge in [0.05, 0.1) is 5.69 Å². The smallest absolute Gasteiger partial charge is 0.294 e. The third kappa shape index (κ3) is 3.03. The van der Waals surface area contributed by atoms with Crippen LogP contribution >= 0.6 is 11.6 Å². The van der Waals surface area contributed by atoms with E-state index in [1.807, 2.05) is 12.1 Å². The lowest BCUT2D eigenvalue weighted by Crippen LogP contribution is -2.31. The van der Waals surface area contributed by atoms with E-state index in [0.29, 0.717) is 10.7 Å². The van der Waals surface area contributed by atoms with Gasteiger partial charge in [0.2, 0.25) is 0 Å². The average Bonchev–Trinajstić information content (AvgIpc) is 2.83. The van der Waals surface area contributed by atoms with E-state index in [-0.39, 0.29) is 6.54 Å². The van der Waals surface area contributed by atoms with Crippen LogP contribution in [-0.2, 0) is 18.4 Å². The van der Waals surface area contributed by atoms with E-state index < -0.39 is 11.7 Å². The number of carbonyl (C=O) groups is 2. The van der Waals surface area contributed by atoms with Crippen LogP contribution in [-0.4, -0.2) is 16.3 Å². The van der Waals surface area contributed by atoms with Crippen LogP contribution < -0.4 is 5.32 Å². The number of nitrogens with zero attached hydrogens (tertiary/aromatic N) is 1. The van der Waals surface area contributed by atoms with Gasteiger partial charge in [0, 0.05) is 24.8 Å². The number of halogens is 1. The zero-order chi connectivity index (χ0) is 13.8. The predicted octanol–water partition coefficient (Wildman–Crippen LogP) is 2.18. The van der Waals surface area contributed by atoms with Crippen molar-refractivity contribution < 1.29 is 9.59 Å². The summed E-state index contributed by atoms with van der Waals surface area (Å²) in [5.41, 5.74) is 1.13. The first-order valence-corrected chi connectivity index (χ1v) is 6.14. The Hall–Kier alpha value is -2.07. The first kappa shape index (κ1) is 13.4. The van der Waals surface area contributed by atoms with Gasteiger partial charge >= 0.3 is 0 Å². The molecule has 0 unspecified atom stereocenters. The largest absolute Gasteiger partial charge is 0.348 e. The summed E-state index contributed by atoms with van der Waals surface area (Å²) in [6, 6.07) is 10.5. The maximum Gasteiger partial charge on any atom is 0.294 e. The van der Waals surface area contributed by atoms with Crippen LogP contribution in [0.1, 0.15) is 16.1 Å². The van der Waals surface area contributed by atoms with Crippen molar-refractivity contribution in [1.29, 1.82) is 0 Å². The summed E-state index contributed by atoms with van der Waals surface area (Å²) in [4.78, 5) is 23.6. The molecular formula is C14H13ClN2O2. The lowest BCUT2D eigenvalue weighted by atomic mass is 10.2. The zero-order valence-electron chi connectivity index (χ0n) is 10.4. The van der Waals surface area contributed by atoms with Crippen molar-refractivity contribution in [3.05, 3.63) is 58.9 Å². The molecule has 0 saturated heterocycles. The van der Waals surface area contributed by atoms with Gasteiger partial charge in [-0.3, -0.25) is 9.59 Å². The van der Waals surface area contributed by atoms with Crippen LogP contribution in [0.2, 0.25) is 5.02 Å². The van der Waals surface area contributed by atoms with E-state index >= 15 is 0 Å². The molecule has 0 aliphatic heterocycles. The van der Waals surface area contributed by atoms with E-state index in [0.717, 1.165) is 5.56 Å². The number of hydrogen-bond donors (Lipinski definition) is 1. The molecule has 1 amide bonds. The normalized spacial score (nSPS) is 10.2. The Morgan fingerprint density at radius 2 is 1.95 bits per heavy atom. The molecule has 0 saturated carbocycles. The number of carbonyl (C=O) groups excluding carboxylic acids is 2. The second kappa shape index (κ2) is 5.71. The molecule has 0 aliphatic rings. The van der Waals surface area contributed by atoms with E-state index in [9.17, 15) is 9.59 Å². The van der Waals surface area contributed by atoms with Crippen molar-refractivity contribution in [3.8, 4) is 0 Å². The lowest BCUT2D eigenvalue weighted by molar-refractivity contribution is -0.117. The number of ketones is 1. The van der Waals surface area contributed by atoms with Crippen LogP contribution in [0.5, 0.6) is 0 Å². The highest BCUT2D eigenvalue weighted by molar-refractivity contribution is 6.42. The van der Waals surface area contributed by atoms with E-state index in [4.69, 9.17) is 11.6 Å². The molecular weight excluding hydrogens is 264 g/mol. The summed E-state index contributed by atoms with van der Waals surface area (Å²) in [6.07, 6.45) is 1.72. The molecule has 19 heavy (non-hydrogen) atoms. The Kier molecular flexibility index (Phi) is 4.02. The predicted molar refractivity (Wildman–Crippen MR) is 73.0 cm³/mol. The number of rotatable bonds is 4. The molecule has 0 bridgehead atoms. The Morgan fingerprint density at radius 3 is 2.58 bits per heavy atom. The summed E-state index contributed by atoms with van der Waals surface area (Å²) in [5, 5.41) is 3.13. The molecule has 0 aliphatic carbocycles. The second-order valence-corrected chi connectivity index (χ2v) is 4.51. The van der Waals surface area contributed by atoms with Crippen LogP contribution in [0.3, 0.4) is 0 Å². The van der Waals surface area contributed by atoms with Gasteiger partial charge < -0.3 is 9.88 Å². The molecule has 2 rings (SSSR count). The number of amides is 1. The molecule has 4 nitrogen and oxygen atoms in total. The van der Waals surface area contributed by atoms with Crippen LogP contribution in [0.4, 0.5) is 0 Å². The van der Waals surface area contributed by atoms with Crippen LogP contribution in [0.25, 0.3) is 0 Å². The van der Waals surface area contributed by atoms with E-state index in [1.54, 1.807) is 42.1 Å². The van der Waals surface area contributed by atoms with Crippen molar-refractivity contribution >= 4 is 23.3 Å². The molecule has 1 N–H and O–H groups in total. The molecule has 0 fully saturated rings. The molecule has 2 aromatic rings. The van der Waals surface area contributed by atoms with Gasteiger partial charge in [-0.25, -0.2) is 0 Å². The Bertz CT molecular complexity index is 619. The highest BCUT2D eigenvalue weighted by Gasteiger charge is 2.18. The van der Waals surface area contributed by atoms with E-state index in [1.165, 1.54) is 0 Å². The van der Waals surface area contributed by atoms with Crippen molar-refractivity contribution in [3.63, 3.8) is 0 Å². The maximum atomic E-state index is 11.9. The minimum Gasteiger partial charge on any atom is -0.348 e. The minimum atomic E-state index is -0.637. The lowest BCUT2D eigenvalue weighted by Gasteiger charge is -2.06. The van der Waals surface area contributed by atoms with Crippen molar-refractivity contribution in [2.45, 2.75) is 6.54 Å². The fourth-order valence-electron chi connectivity index (χ4n) is 1.71. The molecule has 5 heteroatoms. The number of benzene rings is 1. The maximum absolute atomic E-state index is 11.9. The zero-order valence-corrected chi connectivity index (χ0v) is 11.1. The third-order valence-electron chi connectivity index (χ3n) is 2.78. The van der Waals surface area contributed by atoms with Crippen molar-refractivity contribution in [2.24, 2.45) is 7.05 Å². The summed E-state index contributed by atoms with van der Waals surface area (Å²) >= 11 is 5.97. The van der Waals surface area contributed by atoms with Gasteiger partial charge in [0.25, 0.3) is 11.7 Å². The molecule has 1 aromatic carbocycles. The summed E-state index contributed by atoms with van der Waals surface area (Å²) in [6.45, 7) is 0.231. The topological polar surface area (TPSA) is 51.1 Å². The second-order valence-electron chi connectivity index (χ2n) is 4.11. The number of aromatic nitrogens is 1. The summed E-state index contributed by atoms with van der Waals surface area (Å²) in [7, 11) is 1.72. The molecule has 1 aromatic heterocycles. The van der Waals surface area contributed by atoms with Gasteiger partial charge in [-0.2, -0.15) is 0 Å².